The quantitative estimate of drug-likeness (QED) is 0.628. The number of nitrogens with one attached hydrogen (secondary N) is 1. The molecule has 0 bridgehead atoms. The van der Waals surface area contributed by atoms with E-state index in [1.165, 1.54) is 6.20 Å². The first-order chi connectivity index (χ1) is 6.77. The number of likely N-dealkylation sites (tertiary alicyclic amines) is 1. The molecule has 0 spiro atoms. The maximum Gasteiger partial charge on any atom is 0.276 e. The highest BCUT2D eigenvalue weighted by Crippen LogP contribution is 2.11. The van der Waals surface area contributed by atoms with Gasteiger partial charge in [0.05, 0.1) is 12.3 Å². The molecule has 1 amide bonds. The molecule has 1 aliphatic rings. The van der Waals surface area contributed by atoms with Crippen LogP contribution in [-0.2, 0) is 0 Å². The Morgan fingerprint density at radius 3 is 3.21 bits per heavy atom. The fourth-order valence-electron chi connectivity index (χ4n) is 1.61. The minimum absolute atomic E-state index is 0.169. The molecule has 14 heavy (non-hydrogen) atoms. The van der Waals surface area contributed by atoms with Gasteiger partial charge in [0.1, 0.15) is 0 Å². The van der Waals surface area contributed by atoms with E-state index in [9.17, 15) is 9.90 Å². The van der Waals surface area contributed by atoms with Gasteiger partial charge in [-0.2, -0.15) is 15.4 Å². The van der Waals surface area contributed by atoms with Crippen molar-refractivity contribution in [2.45, 2.75) is 18.9 Å². The van der Waals surface area contributed by atoms with E-state index in [1.807, 2.05) is 0 Å². The third-order valence-corrected chi connectivity index (χ3v) is 2.32. The number of aromatic amines is 1. The van der Waals surface area contributed by atoms with Gasteiger partial charge in [-0.05, 0) is 12.8 Å². The molecule has 6 nitrogen and oxygen atoms in total. The average Bonchev–Trinajstić information content (AvgIpc) is 2.69. The SMILES string of the molecule is O=C(c1cn[nH]n1)N1CCC[C@H](O)C1. The molecule has 1 fully saturated rings. The number of piperidine rings is 1. The van der Waals surface area contributed by atoms with Gasteiger partial charge in [0.2, 0.25) is 0 Å². The first-order valence-electron chi connectivity index (χ1n) is 4.60. The number of carbonyl (C=O) groups excluding carboxylic acids is 1. The van der Waals surface area contributed by atoms with Crippen LogP contribution in [0.3, 0.4) is 0 Å². The van der Waals surface area contributed by atoms with Gasteiger partial charge in [0.25, 0.3) is 5.91 Å². The van der Waals surface area contributed by atoms with Crippen molar-refractivity contribution in [3.8, 4) is 0 Å². The van der Waals surface area contributed by atoms with Crippen LogP contribution in [-0.4, -0.2) is 50.5 Å². The van der Waals surface area contributed by atoms with Crippen molar-refractivity contribution in [1.82, 2.24) is 20.3 Å². The Balaban J connectivity index is 2.04. The molecule has 0 radical (unpaired) electrons. The standard InChI is InChI=1S/C8H12N4O2/c13-6-2-1-3-12(5-6)8(14)7-4-9-11-10-7/h4,6,13H,1-3,5H2,(H,9,10,11)/t6-/m0/s1. The number of hydrogen-bond donors (Lipinski definition) is 2. The number of aliphatic hydroxyl groups is 1. The lowest BCUT2D eigenvalue weighted by Gasteiger charge is -2.29. The fourth-order valence-corrected chi connectivity index (χ4v) is 1.61. The molecule has 0 unspecified atom stereocenters. The second kappa shape index (κ2) is 3.75. The van der Waals surface area contributed by atoms with Gasteiger partial charge in [0, 0.05) is 13.1 Å². The molecule has 76 valence electrons. The summed E-state index contributed by atoms with van der Waals surface area (Å²) in [4.78, 5) is 13.3. The van der Waals surface area contributed by atoms with Crippen LogP contribution in [0.15, 0.2) is 6.20 Å². The van der Waals surface area contributed by atoms with Crippen molar-refractivity contribution in [3.63, 3.8) is 0 Å². The summed E-state index contributed by atoms with van der Waals surface area (Å²) in [5.41, 5.74) is 0.305. The maximum atomic E-state index is 11.7. The van der Waals surface area contributed by atoms with E-state index in [2.05, 4.69) is 15.4 Å². The Labute approximate surface area is 80.9 Å². The first kappa shape index (κ1) is 9.14. The van der Waals surface area contributed by atoms with Gasteiger partial charge >= 0.3 is 0 Å². The van der Waals surface area contributed by atoms with E-state index in [0.29, 0.717) is 18.8 Å². The molecule has 2 rings (SSSR count). The highest BCUT2D eigenvalue weighted by atomic mass is 16.3. The largest absolute Gasteiger partial charge is 0.391 e. The minimum atomic E-state index is -0.403. The van der Waals surface area contributed by atoms with E-state index < -0.39 is 6.10 Å². The third kappa shape index (κ3) is 1.74. The molecule has 0 saturated carbocycles. The van der Waals surface area contributed by atoms with Crippen molar-refractivity contribution in [2.75, 3.05) is 13.1 Å². The highest BCUT2D eigenvalue weighted by Gasteiger charge is 2.24. The van der Waals surface area contributed by atoms with Crippen LogP contribution in [0.4, 0.5) is 0 Å². The zero-order valence-electron chi connectivity index (χ0n) is 7.68. The summed E-state index contributed by atoms with van der Waals surface area (Å²) in [5.74, 6) is -0.169. The molecular formula is C8H12N4O2. The Morgan fingerprint density at radius 2 is 2.57 bits per heavy atom. The van der Waals surface area contributed by atoms with Crippen molar-refractivity contribution in [2.24, 2.45) is 0 Å². The molecule has 1 aromatic heterocycles. The summed E-state index contributed by atoms with van der Waals surface area (Å²) < 4.78 is 0. The van der Waals surface area contributed by atoms with Gasteiger partial charge in [0.15, 0.2) is 5.69 Å². The van der Waals surface area contributed by atoms with Gasteiger partial charge < -0.3 is 10.0 Å². The van der Waals surface area contributed by atoms with Crippen molar-refractivity contribution < 1.29 is 9.90 Å². The average molecular weight is 196 g/mol. The lowest BCUT2D eigenvalue weighted by atomic mass is 10.1. The molecule has 1 aromatic rings. The lowest BCUT2D eigenvalue weighted by Crippen LogP contribution is -2.42. The number of carbonyl (C=O) groups is 1. The number of rotatable bonds is 1. The first-order valence-corrected chi connectivity index (χ1v) is 4.60. The molecule has 2 N–H and O–H groups in total. The van der Waals surface area contributed by atoms with E-state index >= 15 is 0 Å². The van der Waals surface area contributed by atoms with E-state index in [1.54, 1.807) is 4.90 Å². The van der Waals surface area contributed by atoms with Crippen LogP contribution in [0.5, 0.6) is 0 Å². The van der Waals surface area contributed by atoms with Crippen molar-refractivity contribution >= 4 is 5.91 Å². The predicted molar refractivity (Wildman–Crippen MR) is 47.5 cm³/mol. The van der Waals surface area contributed by atoms with Gasteiger partial charge in [-0.3, -0.25) is 4.79 Å². The predicted octanol–water partition coefficient (Wildman–Crippen LogP) is -0.598. The summed E-state index contributed by atoms with van der Waals surface area (Å²) in [6, 6.07) is 0. The maximum absolute atomic E-state index is 11.7. The fraction of sp³-hybridized carbons (Fsp3) is 0.625. The van der Waals surface area contributed by atoms with Crippen LogP contribution < -0.4 is 0 Å². The Morgan fingerprint density at radius 1 is 1.71 bits per heavy atom. The Hall–Kier alpha value is -1.43. The zero-order valence-corrected chi connectivity index (χ0v) is 7.68. The molecule has 2 heterocycles. The molecule has 0 aliphatic carbocycles. The van der Waals surface area contributed by atoms with E-state index in [4.69, 9.17) is 0 Å². The number of β-amino-alcohol motifs (C(OH)–C–C–N with tert-alkyl or cyclic N) is 1. The topological polar surface area (TPSA) is 82.1 Å². The van der Waals surface area contributed by atoms with E-state index in [-0.39, 0.29) is 5.91 Å². The molecule has 1 saturated heterocycles. The van der Waals surface area contributed by atoms with Gasteiger partial charge in [-0.25, -0.2) is 0 Å². The van der Waals surface area contributed by atoms with Crippen LogP contribution >= 0.6 is 0 Å². The lowest BCUT2D eigenvalue weighted by molar-refractivity contribution is 0.0469. The number of aromatic nitrogens is 3. The number of hydrogen-bond acceptors (Lipinski definition) is 4. The minimum Gasteiger partial charge on any atom is -0.391 e. The molecule has 0 aromatic carbocycles. The zero-order chi connectivity index (χ0) is 9.97. The molecular weight excluding hydrogens is 184 g/mol. The summed E-state index contributed by atoms with van der Waals surface area (Å²) >= 11 is 0. The monoisotopic (exact) mass is 196 g/mol. The van der Waals surface area contributed by atoms with Crippen LogP contribution in [0, 0.1) is 0 Å². The normalized spacial score (nSPS) is 22.4. The Kier molecular flexibility index (Phi) is 2.45. The van der Waals surface area contributed by atoms with Crippen LogP contribution in [0.25, 0.3) is 0 Å². The molecule has 6 heteroatoms. The number of H-pyrrole nitrogens is 1. The second-order valence-electron chi connectivity index (χ2n) is 3.40. The summed E-state index contributed by atoms with van der Waals surface area (Å²) in [7, 11) is 0. The van der Waals surface area contributed by atoms with E-state index in [0.717, 1.165) is 12.8 Å². The third-order valence-electron chi connectivity index (χ3n) is 2.32. The number of nitrogens with zero attached hydrogens (tertiary/aromatic N) is 3. The van der Waals surface area contributed by atoms with Crippen LogP contribution in [0.2, 0.25) is 0 Å². The summed E-state index contributed by atoms with van der Waals surface area (Å²) in [6.45, 7) is 1.08. The Bertz CT molecular complexity index is 311. The summed E-state index contributed by atoms with van der Waals surface area (Å²) in [5, 5.41) is 19.1. The van der Waals surface area contributed by atoms with Gasteiger partial charge in [-0.1, -0.05) is 0 Å². The molecule has 1 atom stereocenters. The second-order valence-corrected chi connectivity index (χ2v) is 3.40. The molecule has 1 aliphatic heterocycles. The number of amides is 1. The van der Waals surface area contributed by atoms with Crippen LogP contribution in [0.1, 0.15) is 23.3 Å². The highest BCUT2D eigenvalue weighted by molar-refractivity contribution is 5.91. The van der Waals surface area contributed by atoms with Gasteiger partial charge in [-0.15, -0.1) is 0 Å². The van der Waals surface area contributed by atoms with Crippen molar-refractivity contribution in [3.05, 3.63) is 11.9 Å². The summed E-state index contributed by atoms with van der Waals surface area (Å²) in [6.07, 6.45) is 2.59. The smallest absolute Gasteiger partial charge is 0.276 e. The van der Waals surface area contributed by atoms with Crippen molar-refractivity contribution in [1.29, 1.82) is 0 Å². The number of aliphatic hydroxyl groups excluding tert-OH is 1.